The van der Waals surface area contributed by atoms with Crippen molar-refractivity contribution in [1.29, 1.82) is 0 Å². The fourth-order valence-corrected chi connectivity index (χ4v) is 4.01. The molecule has 1 saturated carbocycles. The zero-order chi connectivity index (χ0) is 13.8. The van der Waals surface area contributed by atoms with Crippen LogP contribution in [0, 0.1) is 11.3 Å². The molecule has 0 amide bonds. The lowest BCUT2D eigenvalue weighted by Crippen LogP contribution is -2.42. The van der Waals surface area contributed by atoms with E-state index in [0.29, 0.717) is 12.5 Å². The highest BCUT2D eigenvalue weighted by molar-refractivity contribution is 7.90. The Balaban J connectivity index is 2.63. The summed E-state index contributed by atoms with van der Waals surface area (Å²) in [5.74, 6) is 0.611. The Morgan fingerprint density at radius 1 is 1.22 bits per heavy atom. The third-order valence-electron chi connectivity index (χ3n) is 4.02. The Kier molecular flexibility index (Phi) is 5.62. The summed E-state index contributed by atoms with van der Waals surface area (Å²) in [5, 5.41) is -0.505. The van der Waals surface area contributed by atoms with Gasteiger partial charge in [0.2, 0.25) is 10.0 Å². The minimum absolute atomic E-state index is 0.173. The van der Waals surface area contributed by atoms with Gasteiger partial charge in [0.1, 0.15) is 0 Å². The lowest BCUT2D eigenvalue weighted by molar-refractivity contribution is 0.236. The van der Waals surface area contributed by atoms with Crippen LogP contribution in [-0.2, 0) is 10.0 Å². The monoisotopic (exact) mass is 276 g/mol. The third-order valence-corrected chi connectivity index (χ3v) is 5.81. The first-order valence-electron chi connectivity index (χ1n) is 7.00. The van der Waals surface area contributed by atoms with Gasteiger partial charge in [-0.05, 0) is 37.5 Å². The molecule has 0 aliphatic heterocycles. The van der Waals surface area contributed by atoms with Crippen LogP contribution in [0.4, 0.5) is 0 Å². The summed E-state index contributed by atoms with van der Waals surface area (Å²) in [5.41, 5.74) is 5.61. The molecule has 18 heavy (non-hydrogen) atoms. The van der Waals surface area contributed by atoms with Crippen LogP contribution in [0.25, 0.3) is 0 Å². The molecular formula is C13H28N2O2S. The fourth-order valence-electron chi connectivity index (χ4n) is 2.97. The predicted octanol–water partition coefficient (Wildman–Crippen LogP) is 1.86. The molecule has 4 nitrogen and oxygen atoms in total. The zero-order valence-corrected chi connectivity index (χ0v) is 12.7. The maximum absolute atomic E-state index is 12.0. The van der Waals surface area contributed by atoms with Gasteiger partial charge in [-0.3, -0.25) is 0 Å². The summed E-state index contributed by atoms with van der Waals surface area (Å²) >= 11 is 0. The van der Waals surface area contributed by atoms with Crippen molar-refractivity contribution in [3.63, 3.8) is 0 Å². The standard InChI is InChI=1S/C13H28N2O2S/c1-11(2)8-13(6-4-5-7-13)10-15-18(16,17)12(3)9-14/h11-12,15H,4-10,14H2,1-3H3. The quantitative estimate of drug-likeness (QED) is 0.745. The molecule has 0 spiro atoms. The van der Waals surface area contributed by atoms with Gasteiger partial charge in [0.25, 0.3) is 0 Å². The Morgan fingerprint density at radius 3 is 2.22 bits per heavy atom. The van der Waals surface area contributed by atoms with Gasteiger partial charge in [-0.2, -0.15) is 0 Å². The minimum atomic E-state index is -3.25. The second kappa shape index (κ2) is 6.35. The van der Waals surface area contributed by atoms with Crippen molar-refractivity contribution in [3.05, 3.63) is 0 Å². The normalized spacial score (nSPS) is 21.4. The van der Waals surface area contributed by atoms with Crippen molar-refractivity contribution >= 4 is 10.0 Å². The molecule has 3 N–H and O–H groups in total. The van der Waals surface area contributed by atoms with Crippen molar-refractivity contribution in [2.24, 2.45) is 17.1 Å². The second-order valence-electron chi connectivity index (χ2n) is 6.22. The number of hydrogen-bond acceptors (Lipinski definition) is 3. The van der Waals surface area contributed by atoms with E-state index in [9.17, 15) is 8.42 Å². The smallest absolute Gasteiger partial charge is 0.215 e. The van der Waals surface area contributed by atoms with Crippen molar-refractivity contribution < 1.29 is 8.42 Å². The van der Waals surface area contributed by atoms with E-state index in [1.54, 1.807) is 6.92 Å². The molecule has 5 heteroatoms. The highest BCUT2D eigenvalue weighted by Crippen LogP contribution is 2.42. The summed E-state index contributed by atoms with van der Waals surface area (Å²) in [6.07, 6.45) is 5.84. The molecule has 0 aromatic heterocycles. The second-order valence-corrected chi connectivity index (χ2v) is 8.40. The summed E-state index contributed by atoms with van der Waals surface area (Å²) in [6, 6.07) is 0. The molecule has 1 fully saturated rings. The Hall–Kier alpha value is -0.130. The van der Waals surface area contributed by atoms with Gasteiger partial charge in [0.15, 0.2) is 0 Å². The van der Waals surface area contributed by atoms with Gasteiger partial charge in [0, 0.05) is 13.1 Å². The van der Waals surface area contributed by atoms with Crippen LogP contribution in [-0.4, -0.2) is 26.8 Å². The summed E-state index contributed by atoms with van der Waals surface area (Å²) in [6.45, 7) is 6.82. The van der Waals surface area contributed by atoms with Crippen LogP contribution in [0.1, 0.15) is 52.9 Å². The van der Waals surface area contributed by atoms with Crippen LogP contribution in [0.5, 0.6) is 0 Å². The van der Waals surface area contributed by atoms with Crippen molar-refractivity contribution in [2.75, 3.05) is 13.1 Å². The molecule has 0 bridgehead atoms. The lowest BCUT2D eigenvalue weighted by atomic mass is 9.79. The molecule has 1 unspecified atom stereocenters. The fraction of sp³-hybridized carbons (Fsp3) is 1.00. The van der Waals surface area contributed by atoms with E-state index < -0.39 is 15.3 Å². The maximum Gasteiger partial charge on any atom is 0.215 e. The van der Waals surface area contributed by atoms with Crippen LogP contribution >= 0.6 is 0 Å². The lowest BCUT2D eigenvalue weighted by Gasteiger charge is -2.31. The first kappa shape index (κ1) is 15.9. The number of hydrogen-bond donors (Lipinski definition) is 2. The Bertz CT molecular complexity index is 346. The molecule has 1 atom stereocenters. The average Bonchev–Trinajstić information content (AvgIpc) is 2.73. The molecule has 0 saturated heterocycles. The van der Waals surface area contributed by atoms with Crippen LogP contribution in [0.15, 0.2) is 0 Å². The number of rotatable bonds is 7. The van der Waals surface area contributed by atoms with E-state index in [2.05, 4.69) is 18.6 Å². The van der Waals surface area contributed by atoms with Gasteiger partial charge in [0.05, 0.1) is 5.25 Å². The zero-order valence-electron chi connectivity index (χ0n) is 11.9. The van der Waals surface area contributed by atoms with Crippen molar-refractivity contribution in [1.82, 2.24) is 4.72 Å². The predicted molar refractivity (Wildman–Crippen MR) is 75.8 cm³/mol. The molecule has 1 rings (SSSR count). The molecular weight excluding hydrogens is 248 g/mol. The first-order chi connectivity index (χ1) is 8.31. The Labute approximate surface area is 112 Å². The van der Waals surface area contributed by atoms with Crippen LogP contribution in [0.2, 0.25) is 0 Å². The summed E-state index contributed by atoms with van der Waals surface area (Å²) < 4.78 is 26.7. The van der Waals surface area contributed by atoms with E-state index in [0.717, 1.165) is 19.3 Å². The SMILES string of the molecule is CC(C)CC1(CNS(=O)(=O)C(C)CN)CCCC1. The number of nitrogens with one attached hydrogen (secondary N) is 1. The average molecular weight is 276 g/mol. The molecule has 0 radical (unpaired) electrons. The van der Waals surface area contributed by atoms with Crippen molar-refractivity contribution in [2.45, 2.75) is 58.1 Å². The van der Waals surface area contributed by atoms with Gasteiger partial charge in [-0.25, -0.2) is 13.1 Å². The molecule has 108 valence electrons. The Morgan fingerprint density at radius 2 is 1.78 bits per heavy atom. The maximum atomic E-state index is 12.0. The van der Waals surface area contributed by atoms with Gasteiger partial charge < -0.3 is 5.73 Å². The van der Waals surface area contributed by atoms with Gasteiger partial charge in [-0.15, -0.1) is 0 Å². The van der Waals surface area contributed by atoms with Crippen LogP contribution in [0.3, 0.4) is 0 Å². The highest BCUT2D eigenvalue weighted by atomic mass is 32.2. The highest BCUT2D eigenvalue weighted by Gasteiger charge is 2.35. The number of sulfonamides is 1. The van der Waals surface area contributed by atoms with Gasteiger partial charge in [-0.1, -0.05) is 26.7 Å². The summed E-state index contributed by atoms with van der Waals surface area (Å²) in [4.78, 5) is 0. The molecule has 0 heterocycles. The van der Waals surface area contributed by atoms with E-state index in [4.69, 9.17) is 5.73 Å². The van der Waals surface area contributed by atoms with Crippen LogP contribution < -0.4 is 10.5 Å². The molecule has 0 aromatic rings. The third kappa shape index (κ3) is 4.21. The molecule has 1 aliphatic rings. The molecule has 1 aliphatic carbocycles. The van der Waals surface area contributed by atoms with E-state index in [1.165, 1.54) is 12.8 Å². The van der Waals surface area contributed by atoms with E-state index >= 15 is 0 Å². The van der Waals surface area contributed by atoms with Crippen molar-refractivity contribution in [3.8, 4) is 0 Å². The van der Waals surface area contributed by atoms with E-state index in [-0.39, 0.29) is 12.0 Å². The number of nitrogens with two attached hydrogens (primary N) is 1. The minimum Gasteiger partial charge on any atom is -0.329 e. The molecule has 0 aromatic carbocycles. The van der Waals surface area contributed by atoms with E-state index in [1.807, 2.05) is 0 Å². The van der Waals surface area contributed by atoms with Gasteiger partial charge >= 0.3 is 0 Å². The first-order valence-corrected chi connectivity index (χ1v) is 8.54. The summed E-state index contributed by atoms with van der Waals surface area (Å²) in [7, 11) is -3.25. The largest absolute Gasteiger partial charge is 0.329 e. The topological polar surface area (TPSA) is 72.2 Å².